The van der Waals surface area contributed by atoms with Crippen LogP contribution in [0.3, 0.4) is 0 Å². The number of hydrogen-bond donors (Lipinski definition) is 2. The number of hydrogen-bond acceptors (Lipinski definition) is 4. The summed E-state index contributed by atoms with van der Waals surface area (Å²) in [6.45, 7) is 4.37. The van der Waals surface area contributed by atoms with E-state index in [-0.39, 0.29) is 11.6 Å². The normalized spacial score (nSPS) is 12.2. The minimum Gasteiger partial charge on any atom is -0.478 e. The van der Waals surface area contributed by atoms with Crippen LogP contribution >= 0.6 is 0 Å². The first-order valence-electron chi connectivity index (χ1n) is 5.54. The van der Waals surface area contributed by atoms with E-state index in [1.165, 1.54) is 6.07 Å². The molecular weight excluding hydrogens is 220 g/mol. The Bertz CT molecular complexity index is 393. The summed E-state index contributed by atoms with van der Waals surface area (Å²) in [5.74, 6) is -0.371. The summed E-state index contributed by atoms with van der Waals surface area (Å²) in [6, 6.07) is 3.22. The van der Waals surface area contributed by atoms with E-state index >= 15 is 0 Å². The second-order valence-corrected chi connectivity index (χ2v) is 3.89. The Labute approximate surface area is 101 Å². The van der Waals surface area contributed by atoms with Crippen LogP contribution < -0.4 is 5.32 Å². The van der Waals surface area contributed by atoms with E-state index in [9.17, 15) is 4.79 Å². The lowest BCUT2D eigenvalue weighted by Gasteiger charge is -2.17. The van der Waals surface area contributed by atoms with Crippen molar-refractivity contribution >= 4 is 11.8 Å². The third-order valence-corrected chi connectivity index (χ3v) is 2.41. The number of pyridine rings is 1. The standard InChI is InChI=1S/C12H18N2O3/c1-4-10(7-17-3)14-11-6-9(12(15)16)5-8(2)13-11/h5-6,10H,4,7H2,1-3H3,(H,13,14)(H,15,16). The topological polar surface area (TPSA) is 71.5 Å². The molecule has 0 fully saturated rings. The highest BCUT2D eigenvalue weighted by molar-refractivity contribution is 5.88. The van der Waals surface area contributed by atoms with Crippen LogP contribution in [-0.2, 0) is 4.74 Å². The molecule has 0 spiro atoms. The third-order valence-electron chi connectivity index (χ3n) is 2.41. The summed E-state index contributed by atoms with van der Waals surface area (Å²) >= 11 is 0. The molecule has 17 heavy (non-hydrogen) atoms. The molecule has 0 bridgehead atoms. The van der Waals surface area contributed by atoms with Crippen LogP contribution in [0.4, 0.5) is 5.82 Å². The molecule has 1 aromatic heterocycles. The fourth-order valence-electron chi connectivity index (χ4n) is 1.54. The molecule has 0 aliphatic heterocycles. The number of rotatable bonds is 6. The monoisotopic (exact) mass is 238 g/mol. The van der Waals surface area contributed by atoms with Crippen LogP contribution in [0, 0.1) is 6.92 Å². The third kappa shape index (κ3) is 4.03. The van der Waals surface area contributed by atoms with E-state index in [4.69, 9.17) is 9.84 Å². The first-order valence-corrected chi connectivity index (χ1v) is 5.54. The SMILES string of the molecule is CCC(COC)Nc1cc(C(=O)O)cc(C)n1. The molecule has 1 atom stereocenters. The van der Waals surface area contributed by atoms with Crippen molar-refractivity contribution in [2.45, 2.75) is 26.3 Å². The van der Waals surface area contributed by atoms with Crippen molar-refractivity contribution in [3.8, 4) is 0 Å². The van der Waals surface area contributed by atoms with Crippen molar-refractivity contribution in [3.05, 3.63) is 23.4 Å². The number of carboxylic acids is 1. The van der Waals surface area contributed by atoms with Crippen LogP contribution in [0.25, 0.3) is 0 Å². The van der Waals surface area contributed by atoms with Crippen molar-refractivity contribution in [1.82, 2.24) is 4.98 Å². The maximum atomic E-state index is 10.9. The molecular formula is C12H18N2O3. The number of aromatic carboxylic acids is 1. The van der Waals surface area contributed by atoms with Crippen LogP contribution in [0.15, 0.2) is 12.1 Å². The van der Waals surface area contributed by atoms with Crippen molar-refractivity contribution in [2.24, 2.45) is 0 Å². The van der Waals surface area contributed by atoms with Gasteiger partial charge in [-0.3, -0.25) is 0 Å². The van der Waals surface area contributed by atoms with E-state index in [2.05, 4.69) is 10.3 Å². The number of anilines is 1. The molecule has 0 radical (unpaired) electrons. The van der Waals surface area contributed by atoms with E-state index in [0.717, 1.165) is 6.42 Å². The summed E-state index contributed by atoms with van der Waals surface area (Å²) in [5.41, 5.74) is 0.923. The molecule has 5 nitrogen and oxygen atoms in total. The van der Waals surface area contributed by atoms with Gasteiger partial charge in [-0.2, -0.15) is 0 Å². The quantitative estimate of drug-likeness (QED) is 0.792. The lowest BCUT2D eigenvalue weighted by molar-refractivity contribution is 0.0696. The second-order valence-electron chi connectivity index (χ2n) is 3.89. The number of carboxylic acid groups (broad SMARTS) is 1. The molecule has 0 saturated carbocycles. The summed E-state index contributed by atoms with van der Waals surface area (Å²) in [6.07, 6.45) is 0.881. The summed E-state index contributed by atoms with van der Waals surface area (Å²) < 4.78 is 5.07. The van der Waals surface area contributed by atoms with Gasteiger partial charge in [-0.25, -0.2) is 9.78 Å². The largest absolute Gasteiger partial charge is 0.478 e. The molecule has 94 valence electrons. The van der Waals surface area contributed by atoms with Gasteiger partial charge in [-0.05, 0) is 25.5 Å². The fourth-order valence-corrected chi connectivity index (χ4v) is 1.54. The number of aryl methyl sites for hydroxylation is 1. The minimum absolute atomic E-state index is 0.135. The molecule has 0 saturated heterocycles. The zero-order valence-electron chi connectivity index (χ0n) is 10.4. The average molecular weight is 238 g/mol. The Hall–Kier alpha value is -1.62. The predicted octanol–water partition coefficient (Wildman–Crippen LogP) is 1.93. The Balaban J connectivity index is 2.86. The molecule has 0 amide bonds. The second kappa shape index (κ2) is 6.20. The first kappa shape index (κ1) is 13.4. The smallest absolute Gasteiger partial charge is 0.335 e. The van der Waals surface area contributed by atoms with Gasteiger partial charge in [0, 0.05) is 12.8 Å². The van der Waals surface area contributed by atoms with Crippen molar-refractivity contribution in [2.75, 3.05) is 19.0 Å². The fraction of sp³-hybridized carbons (Fsp3) is 0.500. The van der Waals surface area contributed by atoms with Crippen LogP contribution in [-0.4, -0.2) is 35.8 Å². The van der Waals surface area contributed by atoms with E-state index in [0.29, 0.717) is 18.1 Å². The number of nitrogens with one attached hydrogen (secondary N) is 1. The summed E-state index contributed by atoms with van der Waals surface area (Å²) in [7, 11) is 1.64. The zero-order chi connectivity index (χ0) is 12.8. The molecule has 5 heteroatoms. The van der Waals surface area contributed by atoms with Crippen molar-refractivity contribution in [1.29, 1.82) is 0 Å². The molecule has 1 unspecified atom stereocenters. The van der Waals surface area contributed by atoms with Gasteiger partial charge in [0.05, 0.1) is 18.2 Å². The summed E-state index contributed by atoms with van der Waals surface area (Å²) in [4.78, 5) is 15.2. The van der Waals surface area contributed by atoms with Crippen LogP contribution in [0.2, 0.25) is 0 Å². The Morgan fingerprint density at radius 3 is 2.82 bits per heavy atom. The van der Waals surface area contributed by atoms with Gasteiger partial charge in [-0.15, -0.1) is 0 Å². The van der Waals surface area contributed by atoms with Gasteiger partial charge in [0.2, 0.25) is 0 Å². The minimum atomic E-state index is -0.946. The van der Waals surface area contributed by atoms with E-state index < -0.39 is 5.97 Å². The maximum absolute atomic E-state index is 10.9. The lowest BCUT2D eigenvalue weighted by Crippen LogP contribution is -2.24. The van der Waals surface area contributed by atoms with Crippen molar-refractivity contribution in [3.63, 3.8) is 0 Å². The molecule has 2 N–H and O–H groups in total. The van der Waals surface area contributed by atoms with Gasteiger partial charge < -0.3 is 15.2 Å². The molecule has 1 aromatic rings. The van der Waals surface area contributed by atoms with Gasteiger partial charge >= 0.3 is 5.97 Å². The van der Waals surface area contributed by atoms with E-state index in [1.807, 2.05) is 6.92 Å². The number of methoxy groups -OCH3 is 1. The molecule has 0 aliphatic rings. The zero-order valence-corrected chi connectivity index (χ0v) is 10.4. The van der Waals surface area contributed by atoms with Gasteiger partial charge in [0.25, 0.3) is 0 Å². The molecule has 0 aromatic carbocycles. The van der Waals surface area contributed by atoms with Gasteiger partial charge in [0.1, 0.15) is 5.82 Å². The Morgan fingerprint density at radius 2 is 2.29 bits per heavy atom. The van der Waals surface area contributed by atoms with Crippen molar-refractivity contribution < 1.29 is 14.6 Å². The highest BCUT2D eigenvalue weighted by Gasteiger charge is 2.10. The van der Waals surface area contributed by atoms with Crippen LogP contribution in [0.5, 0.6) is 0 Å². The average Bonchev–Trinajstić information content (AvgIpc) is 2.27. The first-order chi connectivity index (χ1) is 8.06. The molecule has 0 aliphatic carbocycles. The summed E-state index contributed by atoms with van der Waals surface area (Å²) in [5, 5.41) is 12.1. The molecule has 1 heterocycles. The van der Waals surface area contributed by atoms with Gasteiger partial charge in [0.15, 0.2) is 0 Å². The molecule has 1 rings (SSSR count). The number of aromatic nitrogens is 1. The number of ether oxygens (including phenoxy) is 1. The maximum Gasteiger partial charge on any atom is 0.335 e. The highest BCUT2D eigenvalue weighted by Crippen LogP contribution is 2.12. The highest BCUT2D eigenvalue weighted by atomic mass is 16.5. The Morgan fingerprint density at radius 1 is 1.59 bits per heavy atom. The van der Waals surface area contributed by atoms with Crippen LogP contribution in [0.1, 0.15) is 29.4 Å². The predicted molar refractivity (Wildman–Crippen MR) is 65.5 cm³/mol. The number of carbonyl (C=O) groups is 1. The van der Waals surface area contributed by atoms with E-state index in [1.54, 1.807) is 20.1 Å². The number of nitrogens with zero attached hydrogens (tertiary/aromatic N) is 1. The Kier molecular flexibility index (Phi) is 4.90. The lowest BCUT2D eigenvalue weighted by atomic mass is 10.2. The van der Waals surface area contributed by atoms with Gasteiger partial charge in [-0.1, -0.05) is 6.92 Å².